The van der Waals surface area contributed by atoms with Gasteiger partial charge in [-0.1, -0.05) is 23.7 Å². The number of nitrogens with zero attached hydrogens (tertiary/aromatic N) is 1. The lowest BCUT2D eigenvalue weighted by molar-refractivity contribution is 0.414. The lowest BCUT2D eigenvalue weighted by Gasteiger charge is -2.15. The number of rotatable bonds is 7. The van der Waals surface area contributed by atoms with Gasteiger partial charge in [0.05, 0.1) is 12.1 Å². The quantitative estimate of drug-likeness (QED) is 0.843. The van der Waals surface area contributed by atoms with Crippen molar-refractivity contribution in [2.45, 2.75) is 32.7 Å². The number of hydrogen-bond acceptors (Lipinski definition) is 3. The minimum atomic E-state index is 0.417. The number of nitrogens with one attached hydrogen (secondary N) is 1. The van der Waals surface area contributed by atoms with Gasteiger partial charge in [0.15, 0.2) is 0 Å². The van der Waals surface area contributed by atoms with E-state index in [-0.39, 0.29) is 0 Å². The summed E-state index contributed by atoms with van der Waals surface area (Å²) < 4.78 is 5.18. The minimum Gasteiger partial charge on any atom is -0.497 e. The molecule has 0 aliphatic rings. The van der Waals surface area contributed by atoms with E-state index < -0.39 is 0 Å². The summed E-state index contributed by atoms with van der Waals surface area (Å²) in [5.74, 6) is 0.897. The Morgan fingerprint density at radius 3 is 2.68 bits per heavy atom. The van der Waals surface area contributed by atoms with E-state index in [9.17, 15) is 0 Å². The molecule has 4 heteroatoms. The third kappa shape index (κ3) is 5.00. The molecule has 0 spiro atoms. The summed E-state index contributed by atoms with van der Waals surface area (Å²) >= 11 is 6.00. The van der Waals surface area contributed by atoms with E-state index in [2.05, 4.69) is 29.4 Å². The SMILES string of the molecule is COc1ccc(C[C@@H](C)NCCc2cc(Cl)cnc2C)cc1. The van der Waals surface area contributed by atoms with Crippen LogP contribution in [0.2, 0.25) is 5.02 Å². The molecule has 118 valence electrons. The number of aromatic nitrogens is 1. The van der Waals surface area contributed by atoms with Crippen molar-refractivity contribution in [3.05, 3.63) is 58.4 Å². The van der Waals surface area contributed by atoms with Crippen LogP contribution in [0, 0.1) is 6.92 Å². The molecule has 0 fully saturated rings. The van der Waals surface area contributed by atoms with Gasteiger partial charge >= 0.3 is 0 Å². The largest absolute Gasteiger partial charge is 0.497 e. The molecule has 0 amide bonds. The molecule has 3 nitrogen and oxygen atoms in total. The fourth-order valence-corrected chi connectivity index (χ4v) is 2.62. The molecule has 1 heterocycles. The zero-order chi connectivity index (χ0) is 15.9. The van der Waals surface area contributed by atoms with Crippen LogP contribution in [0.15, 0.2) is 36.5 Å². The van der Waals surface area contributed by atoms with Crippen molar-refractivity contribution in [1.82, 2.24) is 10.3 Å². The predicted octanol–water partition coefficient (Wildman–Crippen LogP) is 3.82. The molecule has 0 saturated heterocycles. The zero-order valence-electron chi connectivity index (χ0n) is 13.4. The lowest BCUT2D eigenvalue weighted by atomic mass is 10.1. The van der Waals surface area contributed by atoms with Gasteiger partial charge in [-0.05, 0) is 62.6 Å². The Morgan fingerprint density at radius 1 is 1.27 bits per heavy atom. The van der Waals surface area contributed by atoms with Crippen LogP contribution in [0.5, 0.6) is 5.75 Å². The highest BCUT2D eigenvalue weighted by Crippen LogP contribution is 2.14. The molecule has 1 N–H and O–H groups in total. The third-order valence-electron chi connectivity index (χ3n) is 3.75. The predicted molar refractivity (Wildman–Crippen MR) is 91.9 cm³/mol. The van der Waals surface area contributed by atoms with Gasteiger partial charge in [0.2, 0.25) is 0 Å². The van der Waals surface area contributed by atoms with E-state index in [1.165, 1.54) is 11.1 Å². The molecule has 0 bridgehead atoms. The van der Waals surface area contributed by atoms with Crippen molar-refractivity contribution in [3.8, 4) is 5.75 Å². The second-order valence-corrected chi connectivity index (χ2v) is 5.99. The number of ether oxygens (including phenoxy) is 1. The average molecular weight is 319 g/mol. The van der Waals surface area contributed by atoms with Crippen LogP contribution in [-0.2, 0) is 12.8 Å². The molecular weight excluding hydrogens is 296 g/mol. The standard InChI is InChI=1S/C18H23ClN2O/c1-13(10-15-4-6-18(22-3)7-5-15)20-9-8-16-11-17(19)12-21-14(16)2/h4-7,11-13,20H,8-10H2,1-3H3/t13-/m1/s1. The highest BCUT2D eigenvalue weighted by atomic mass is 35.5. The Bertz CT molecular complexity index is 599. The number of hydrogen-bond donors (Lipinski definition) is 1. The van der Waals surface area contributed by atoms with E-state index >= 15 is 0 Å². The van der Waals surface area contributed by atoms with Crippen LogP contribution < -0.4 is 10.1 Å². The van der Waals surface area contributed by atoms with E-state index in [1.54, 1.807) is 13.3 Å². The van der Waals surface area contributed by atoms with E-state index in [1.807, 2.05) is 25.1 Å². The maximum atomic E-state index is 6.00. The van der Waals surface area contributed by atoms with Crippen molar-refractivity contribution in [2.75, 3.05) is 13.7 Å². The van der Waals surface area contributed by atoms with Gasteiger partial charge < -0.3 is 10.1 Å². The van der Waals surface area contributed by atoms with Crippen LogP contribution in [0.1, 0.15) is 23.7 Å². The van der Waals surface area contributed by atoms with Crippen molar-refractivity contribution in [1.29, 1.82) is 0 Å². The maximum Gasteiger partial charge on any atom is 0.118 e. The number of pyridine rings is 1. The van der Waals surface area contributed by atoms with Gasteiger partial charge in [-0.3, -0.25) is 4.98 Å². The molecule has 0 unspecified atom stereocenters. The number of methoxy groups -OCH3 is 1. The van der Waals surface area contributed by atoms with Crippen molar-refractivity contribution in [2.24, 2.45) is 0 Å². The number of benzene rings is 1. The number of halogens is 1. The van der Waals surface area contributed by atoms with Gasteiger partial charge in [0.1, 0.15) is 5.75 Å². The fourth-order valence-electron chi connectivity index (χ4n) is 2.44. The first-order valence-electron chi connectivity index (χ1n) is 7.56. The fraction of sp³-hybridized carbons (Fsp3) is 0.389. The molecule has 0 aliphatic heterocycles. The zero-order valence-corrected chi connectivity index (χ0v) is 14.2. The summed E-state index contributed by atoms with van der Waals surface area (Å²) in [6, 6.07) is 10.6. The highest BCUT2D eigenvalue weighted by molar-refractivity contribution is 6.30. The molecule has 0 aliphatic carbocycles. The Hall–Kier alpha value is -1.58. The molecule has 22 heavy (non-hydrogen) atoms. The van der Waals surface area contributed by atoms with Gasteiger partial charge in [-0.2, -0.15) is 0 Å². The van der Waals surface area contributed by atoms with Crippen molar-refractivity contribution < 1.29 is 4.74 Å². The molecule has 1 atom stereocenters. The highest BCUT2D eigenvalue weighted by Gasteiger charge is 2.05. The van der Waals surface area contributed by atoms with Crippen LogP contribution >= 0.6 is 11.6 Å². The normalized spacial score (nSPS) is 12.2. The van der Waals surface area contributed by atoms with E-state index in [4.69, 9.17) is 16.3 Å². The lowest BCUT2D eigenvalue weighted by Crippen LogP contribution is -2.30. The molecule has 2 aromatic rings. The van der Waals surface area contributed by atoms with Crippen LogP contribution in [0.25, 0.3) is 0 Å². The molecule has 0 radical (unpaired) electrons. The monoisotopic (exact) mass is 318 g/mol. The molecule has 2 rings (SSSR count). The van der Waals surface area contributed by atoms with E-state index in [0.717, 1.165) is 30.8 Å². The Labute approximate surface area is 137 Å². The number of aryl methyl sites for hydroxylation is 1. The molecular formula is C18H23ClN2O. The summed E-state index contributed by atoms with van der Waals surface area (Å²) in [6.45, 7) is 5.14. The summed E-state index contributed by atoms with van der Waals surface area (Å²) in [6.07, 6.45) is 3.63. The van der Waals surface area contributed by atoms with Gasteiger partial charge in [0, 0.05) is 17.9 Å². The first kappa shape index (κ1) is 16.8. The maximum absolute atomic E-state index is 6.00. The first-order valence-corrected chi connectivity index (χ1v) is 7.93. The molecule has 1 aromatic heterocycles. The van der Waals surface area contributed by atoms with Crippen molar-refractivity contribution >= 4 is 11.6 Å². The second kappa shape index (κ2) is 8.16. The third-order valence-corrected chi connectivity index (χ3v) is 3.95. The van der Waals surface area contributed by atoms with Crippen LogP contribution in [0.4, 0.5) is 0 Å². The van der Waals surface area contributed by atoms with Gasteiger partial charge in [-0.25, -0.2) is 0 Å². The smallest absolute Gasteiger partial charge is 0.118 e. The van der Waals surface area contributed by atoms with E-state index in [0.29, 0.717) is 11.1 Å². The Morgan fingerprint density at radius 2 is 2.00 bits per heavy atom. The average Bonchev–Trinajstić information content (AvgIpc) is 2.51. The van der Waals surface area contributed by atoms with Gasteiger partial charge in [0.25, 0.3) is 0 Å². The second-order valence-electron chi connectivity index (χ2n) is 5.56. The summed E-state index contributed by atoms with van der Waals surface area (Å²) in [5.41, 5.74) is 3.56. The van der Waals surface area contributed by atoms with Gasteiger partial charge in [-0.15, -0.1) is 0 Å². The Balaban J connectivity index is 1.79. The minimum absolute atomic E-state index is 0.417. The molecule has 1 aromatic carbocycles. The van der Waals surface area contributed by atoms with Crippen molar-refractivity contribution in [3.63, 3.8) is 0 Å². The summed E-state index contributed by atoms with van der Waals surface area (Å²) in [4.78, 5) is 4.29. The van der Waals surface area contributed by atoms with Crippen LogP contribution in [0.3, 0.4) is 0 Å². The molecule has 0 saturated carbocycles. The topological polar surface area (TPSA) is 34.1 Å². The van der Waals surface area contributed by atoms with Crippen LogP contribution in [-0.4, -0.2) is 24.7 Å². The summed E-state index contributed by atoms with van der Waals surface area (Å²) in [7, 11) is 1.69. The summed E-state index contributed by atoms with van der Waals surface area (Å²) in [5, 5.41) is 4.25. The first-order chi connectivity index (χ1) is 10.6. The Kier molecular flexibility index (Phi) is 6.22.